The van der Waals surface area contributed by atoms with Crippen molar-refractivity contribution in [2.24, 2.45) is 0 Å². The Morgan fingerprint density at radius 1 is 1.03 bits per heavy atom. The molecule has 0 aliphatic carbocycles. The number of nitrogens with zero attached hydrogens (tertiary/aromatic N) is 3. The number of anilines is 2. The zero-order valence-electron chi connectivity index (χ0n) is 15.5. The van der Waals surface area contributed by atoms with Crippen molar-refractivity contribution in [1.29, 1.82) is 0 Å². The van der Waals surface area contributed by atoms with Crippen molar-refractivity contribution in [3.05, 3.63) is 72.1 Å². The number of carbonyl (C=O) groups excluding carboxylic acids is 2. The third-order valence-electron chi connectivity index (χ3n) is 4.58. The van der Waals surface area contributed by atoms with Crippen molar-refractivity contribution in [3.63, 3.8) is 0 Å². The summed E-state index contributed by atoms with van der Waals surface area (Å²) in [6.07, 6.45) is -3.89. The second-order valence-corrected chi connectivity index (χ2v) is 6.54. The van der Waals surface area contributed by atoms with E-state index in [2.05, 4.69) is 15.7 Å². The molecular formula is C20H16F3N5O2. The van der Waals surface area contributed by atoms with Crippen LogP contribution in [-0.2, 0) is 6.18 Å². The molecule has 10 heteroatoms. The van der Waals surface area contributed by atoms with Gasteiger partial charge in [-0.3, -0.25) is 9.69 Å². The van der Waals surface area contributed by atoms with E-state index in [0.717, 1.165) is 6.20 Å². The van der Waals surface area contributed by atoms with E-state index in [1.54, 1.807) is 30.3 Å². The van der Waals surface area contributed by atoms with Crippen molar-refractivity contribution in [1.82, 2.24) is 15.1 Å². The number of para-hydroxylation sites is 1. The molecule has 1 saturated heterocycles. The summed E-state index contributed by atoms with van der Waals surface area (Å²) >= 11 is 0. The first-order valence-electron chi connectivity index (χ1n) is 9.02. The molecule has 2 heterocycles. The SMILES string of the molecule is O=C(Nc1ccc(N2CCNC2=O)cc1)c1cnn(-c2ccccc2)c1C(F)(F)F. The van der Waals surface area contributed by atoms with Crippen molar-refractivity contribution in [3.8, 4) is 5.69 Å². The Morgan fingerprint density at radius 3 is 2.33 bits per heavy atom. The number of hydrogen-bond donors (Lipinski definition) is 2. The van der Waals surface area contributed by atoms with Crippen LogP contribution in [0, 0.1) is 0 Å². The van der Waals surface area contributed by atoms with Gasteiger partial charge in [-0.05, 0) is 36.4 Å². The molecule has 0 spiro atoms. The molecular weight excluding hydrogens is 399 g/mol. The highest BCUT2D eigenvalue weighted by atomic mass is 19.4. The minimum absolute atomic E-state index is 0.192. The molecule has 1 fully saturated rings. The van der Waals surface area contributed by atoms with E-state index in [0.29, 0.717) is 29.1 Å². The van der Waals surface area contributed by atoms with Crippen LogP contribution in [0.5, 0.6) is 0 Å². The quantitative estimate of drug-likeness (QED) is 0.683. The van der Waals surface area contributed by atoms with E-state index in [4.69, 9.17) is 0 Å². The van der Waals surface area contributed by atoms with Crippen LogP contribution < -0.4 is 15.5 Å². The Balaban J connectivity index is 1.59. The molecule has 3 amide bonds. The van der Waals surface area contributed by atoms with Gasteiger partial charge in [0.2, 0.25) is 0 Å². The van der Waals surface area contributed by atoms with Gasteiger partial charge in [0.1, 0.15) is 0 Å². The highest BCUT2D eigenvalue weighted by Crippen LogP contribution is 2.34. The lowest BCUT2D eigenvalue weighted by Crippen LogP contribution is -2.27. The summed E-state index contributed by atoms with van der Waals surface area (Å²) in [4.78, 5) is 25.8. The number of nitrogens with one attached hydrogen (secondary N) is 2. The molecule has 1 aromatic heterocycles. The Bertz CT molecular complexity index is 1080. The fraction of sp³-hybridized carbons (Fsp3) is 0.150. The standard InChI is InChI=1S/C20H16F3N5O2/c21-20(22,23)17-16(12-25-28(17)15-4-2-1-3-5-15)18(29)26-13-6-8-14(9-7-13)27-11-10-24-19(27)30/h1-9,12H,10-11H2,(H,24,30)(H,26,29). The molecule has 154 valence electrons. The van der Waals surface area contributed by atoms with Gasteiger partial charge in [-0.2, -0.15) is 18.3 Å². The zero-order chi connectivity index (χ0) is 21.3. The first-order chi connectivity index (χ1) is 14.3. The van der Waals surface area contributed by atoms with Gasteiger partial charge < -0.3 is 10.6 Å². The maximum atomic E-state index is 13.7. The van der Waals surface area contributed by atoms with Gasteiger partial charge in [-0.15, -0.1) is 0 Å². The second-order valence-electron chi connectivity index (χ2n) is 6.54. The monoisotopic (exact) mass is 415 g/mol. The predicted molar refractivity (Wildman–Crippen MR) is 104 cm³/mol. The number of rotatable bonds is 4. The average molecular weight is 415 g/mol. The van der Waals surface area contributed by atoms with E-state index < -0.39 is 23.3 Å². The number of hydrogen-bond acceptors (Lipinski definition) is 3. The van der Waals surface area contributed by atoms with Crippen molar-refractivity contribution < 1.29 is 22.8 Å². The van der Waals surface area contributed by atoms with Crippen LogP contribution in [-0.4, -0.2) is 34.8 Å². The fourth-order valence-corrected chi connectivity index (χ4v) is 3.19. The minimum Gasteiger partial charge on any atom is -0.336 e. The fourth-order valence-electron chi connectivity index (χ4n) is 3.19. The average Bonchev–Trinajstić information content (AvgIpc) is 3.36. The lowest BCUT2D eigenvalue weighted by molar-refractivity contribution is -0.143. The Kier molecular flexibility index (Phi) is 4.90. The van der Waals surface area contributed by atoms with E-state index in [1.807, 2.05) is 0 Å². The van der Waals surface area contributed by atoms with Gasteiger partial charge in [0.05, 0.1) is 17.4 Å². The number of benzene rings is 2. The van der Waals surface area contributed by atoms with Crippen molar-refractivity contribution >= 4 is 23.3 Å². The number of aromatic nitrogens is 2. The summed E-state index contributed by atoms with van der Waals surface area (Å²) in [5, 5.41) is 8.90. The third kappa shape index (κ3) is 3.71. The van der Waals surface area contributed by atoms with Crippen LogP contribution >= 0.6 is 0 Å². The number of halogens is 3. The molecule has 0 bridgehead atoms. The maximum Gasteiger partial charge on any atom is 0.434 e. The normalized spacial score (nSPS) is 14.0. The van der Waals surface area contributed by atoms with E-state index in [1.165, 1.54) is 29.2 Å². The van der Waals surface area contributed by atoms with Crippen molar-refractivity contribution in [2.45, 2.75) is 6.18 Å². The Hall–Kier alpha value is -3.82. The molecule has 0 saturated carbocycles. The lowest BCUT2D eigenvalue weighted by Gasteiger charge is -2.15. The van der Waals surface area contributed by atoms with E-state index in [-0.39, 0.29) is 11.7 Å². The summed E-state index contributed by atoms with van der Waals surface area (Å²) in [5.41, 5.74) is -0.636. The number of alkyl halides is 3. The van der Waals surface area contributed by atoms with Gasteiger partial charge in [-0.25, -0.2) is 9.48 Å². The van der Waals surface area contributed by atoms with Crippen LogP contribution in [0.4, 0.5) is 29.3 Å². The summed E-state index contributed by atoms with van der Waals surface area (Å²) in [7, 11) is 0. The summed E-state index contributed by atoms with van der Waals surface area (Å²) in [6, 6.07) is 13.8. The molecule has 30 heavy (non-hydrogen) atoms. The van der Waals surface area contributed by atoms with Crippen LogP contribution in [0.25, 0.3) is 5.69 Å². The first kappa shape index (κ1) is 19.5. The number of carbonyl (C=O) groups is 2. The van der Waals surface area contributed by atoms with E-state index >= 15 is 0 Å². The topological polar surface area (TPSA) is 79.3 Å². The predicted octanol–water partition coefficient (Wildman–Crippen LogP) is 3.67. The van der Waals surface area contributed by atoms with E-state index in [9.17, 15) is 22.8 Å². The molecule has 4 rings (SSSR count). The highest BCUT2D eigenvalue weighted by Gasteiger charge is 2.40. The maximum absolute atomic E-state index is 13.7. The summed E-state index contributed by atoms with van der Waals surface area (Å²) in [6.45, 7) is 1.04. The van der Waals surface area contributed by atoms with Crippen LogP contribution in [0.2, 0.25) is 0 Å². The molecule has 3 aromatic rings. The molecule has 0 unspecified atom stereocenters. The smallest absolute Gasteiger partial charge is 0.336 e. The largest absolute Gasteiger partial charge is 0.434 e. The molecule has 1 aliphatic rings. The minimum atomic E-state index is -4.79. The van der Waals surface area contributed by atoms with Crippen LogP contribution in [0.15, 0.2) is 60.8 Å². The van der Waals surface area contributed by atoms with Crippen LogP contribution in [0.1, 0.15) is 16.1 Å². The zero-order valence-corrected chi connectivity index (χ0v) is 15.5. The highest BCUT2D eigenvalue weighted by molar-refractivity contribution is 6.05. The summed E-state index contributed by atoms with van der Waals surface area (Å²) in [5.74, 6) is -0.934. The third-order valence-corrected chi connectivity index (χ3v) is 4.58. The van der Waals surface area contributed by atoms with Crippen molar-refractivity contribution in [2.75, 3.05) is 23.3 Å². The molecule has 7 nitrogen and oxygen atoms in total. The van der Waals surface area contributed by atoms with Gasteiger partial charge in [0.25, 0.3) is 5.91 Å². The number of amides is 3. The Morgan fingerprint density at radius 2 is 1.73 bits per heavy atom. The van der Waals surface area contributed by atoms with Gasteiger partial charge in [0, 0.05) is 24.5 Å². The molecule has 0 radical (unpaired) electrons. The van der Waals surface area contributed by atoms with Gasteiger partial charge in [0.15, 0.2) is 5.69 Å². The van der Waals surface area contributed by atoms with Gasteiger partial charge in [-0.1, -0.05) is 18.2 Å². The van der Waals surface area contributed by atoms with Gasteiger partial charge >= 0.3 is 12.2 Å². The molecule has 2 N–H and O–H groups in total. The molecule has 2 aromatic carbocycles. The number of urea groups is 1. The summed E-state index contributed by atoms with van der Waals surface area (Å²) < 4.78 is 41.8. The molecule has 1 aliphatic heterocycles. The molecule has 0 atom stereocenters. The second kappa shape index (κ2) is 7.54. The Labute approximate surface area is 169 Å². The lowest BCUT2D eigenvalue weighted by atomic mass is 10.2. The first-order valence-corrected chi connectivity index (χ1v) is 9.02. The van der Waals surface area contributed by atoms with Crippen LogP contribution in [0.3, 0.4) is 0 Å².